The number of piperidine rings is 1. The maximum absolute atomic E-state index is 12.7. The molecule has 2 rings (SSSR count). The van der Waals surface area contributed by atoms with Crippen LogP contribution in [0.5, 0.6) is 0 Å². The van der Waals surface area contributed by atoms with Gasteiger partial charge in [-0.3, -0.25) is 9.59 Å². The summed E-state index contributed by atoms with van der Waals surface area (Å²) < 4.78 is 12.7. The molecule has 0 saturated carbocycles. The predicted octanol–water partition coefficient (Wildman–Crippen LogP) is 1.01. The van der Waals surface area contributed by atoms with E-state index in [0.29, 0.717) is 32.4 Å². The second kappa shape index (κ2) is 6.31. The molecule has 19 heavy (non-hydrogen) atoms. The molecule has 1 fully saturated rings. The summed E-state index contributed by atoms with van der Waals surface area (Å²) in [4.78, 5) is 22.8. The Bertz CT molecular complexity index is 449. The van der Waals surface area contributed by atoms with E-state index in [1.54, 1.807) is 12.1 Å². The van der Waals surface area contributed by atoms with Gasteiger partial charge in [0.2, 0.25) is 11.8 Å². The molecule has 0 aromatic heterocycles. The maximum atomic E-state index is 12.7. The molecule has 4 nitrogen and oxygen atoms in total. The normalized spacial score (nSPS) is 18.8. The number of carbonyl (C=O) groups excluding carboxylic acids is 2. The van der Waals surface area contributed by atoms with E-state index in [4.69, 9.17) is 0 Å². The van der Waals surface area contributed by atoms with Gasteiger partial charge in [-0.15, -0.1) is 0 Å². The van der Waals surface area contributed by atoms with Crippen molar-refractivity contribution in [3.05, 3.63) is 35.6 Å². The predicted molar refractivity (Wildman–Crippen MR) is 68.8 cm³/mol. The third-order valence-corrected chi connectivity index (χ3v) is 3.26. The Hall–Kier alpha value is -1.91. The van der Waals surface area contributed by atoms with Gasteiger partial charge in [0.25, 0.3) is 0 Å². The highest BCUT2D eigenvalue weighted by atomic mass is 19.1. The second-order valence-electron chi connectivity index (χ2n) is 4.71. The van der Waals surface area contributed by atoms with E-state index in [2.05, 4.69) is 10.6 Å². The van der Waals surface area contributed by atoms with Gasteiger partial charge in [0, 0.05) is 19.5 Å². The fraction of sp³-hybridized carbons (Fsp3) is 0.429. The zero-order chi connectivity index (χ0) is 13.7. The summed E-state index contributed by atoms with van der Waals surface area (Å²) in [5.74, 6) is -0.408. The van der Waals surface area contributed by atoms with Crippen LogP contribution in [0.25, 0.3) is 0 Å². The first-order valence-corrected chi connectivity index (χ1v) is 6.44. The van der Waals surface area contributed by atoms with E-state index in [-0.39, 0.29) is 23.5 Å². The van der Waals surface area contributed by atoms with Crippen LogP contribution >= 0.6 is 0 Å². The van der Waals surface area contributed by atoms with E-state index in [1.165, 1.54) is 12.1 Å². The highest BCUT2D eigenvalue weighted by Crippen LogP contribution is 2.10. The second-order valence-corrected chi connectivity index (χ2v) is 4.71. The highest BCUT2D eigenvalue weighted by Gasteiger charge is 2.23. The molecule has 1 unspecified atom stereocenters. The van der Waals surface area contributed by atoms with E-state index in [0.717, 1.165) is 5.56 Å². The standard InChI is InChI=1S/C14H17FN2O2/c15-12-4-1-10(2-5-12)7-8-16-14(19)11-3-6-13(18)17-9-11/h1-2,4-5,11H,3,6-9H2,(H,16,19)(H,17,18). The van der Waals surface area contributed by atoms with Crippen molar-refractivity contribution < 1.29 is 14.0 Å². The van der Waals surface area contributed by atoms with Crippen molar-refractivity contribution in [2.45, 2.75) is 19.3 Å². The summed E-state index contributed by atoms with van der Waals surface area (Å²) in [6.07, 6.45) is 1.69. The number of hydrogen-bond acceptors (Lipinski definition) is 2. The maximum Gasteiger partial charge on any atom is 0.224 e. The third-order valence-electron chi connectivity index (χ3n) is 3.26. The molecule has 1 saturated heterocycles. The molecule has 0 bridgehead atoms. The van der Waals surface area contributed by atoms with Crippen LogP contribution in [0.1, 0.15) is 18.4 Å². The Balaban J connectivity index is 1.72. The fourth-order valence-corrected chi connectivity index (χ4v) is 2.08. The van der Waals surface area contributed by atoms with Gasteiger partial charge in [-0.25, -0.2) is 4.39 Å². The number of benzene rings is 1. The number of amides is 2. The number of rotatable bonds is 4. The molecule has 5 heteroatoms. The molecule has 1 atom stereocenters. The van der Waals surface area contributed by atoms with Crippen molar-refractivity contribution in [1.29, 1.82) is 0 Å². The smallest absolute Gasteiger partial charge is 0.224 e. The molecular formula is C14H17FN2O2. The fourth-order valence-electron chi connectivity index (χ4n) is 2.08. The van der Waals surface area contributed by atoms with Crippen molar-refractivity contribution in [2.75, 3.05) is 13.1 Å². The molecule has 0 radical (unpaired) electrons. The van der Waals surface area contributed by atoms with E-state index in [1.807, 2.05) is 0 Å². The van der Waals surface area contributed by atoms with Gasteiger partial charge in [0.05, 0.1) is 5.92 Å². The summed E-state index contributed by atoms with van der Waals surface area (Å²) in [5.41, 5.74) is 0.985. The van der Waals surface area contributed by atoms with Crippen LogP contribution in [0, 0.1) is 11.7 Å². The average Bonchev–Trinajstić information content (AvgIpc) is 2.41. The van der Waals surface area contributed by atoms with Crippen LogP contribution in [-0.2, 0) is 16.0 Å². The molecule has 1 aliphatic rings. The molecule has 1 heterocycles. The van der Waals surface area contributed by atoms with Gasteiger partial charge in [-0.05, 0) is 30.5 Å². The van der Waals surface area contributed by atoms with Crippen molar-refractivity contribution in [3.8, 4) is 0 Å². The van der Waals surface area contributed by atoms with Crippen LogP contribution in [-0.4, -0.2) is 24.9 Å². The first kappa shape index (κ1) is 13.5. The van der Waals surface area contributed by atoms with Gasteiger partial charge in [-0.1, -0.05) is 12.1 Å². The minimum Gasteiger partial charge on any atom is -0.355 e. The zero-order valence-electron chi connectivity index (χ0n) is 10.6. The minimum absolute atomic E-state index is 0.00959. The van der Waals surface area contributed by atoms with Crippen molar-refractivity contribution >= 4 is 11.8 Å². The lowest BCUT2D eigenvalue weighted by molar-refractivity contribution is -0.128. The molecule has 1 aromatic carbocycles. The largest absolute Gasteiger partial charge is 0.355 e. The Morgan fingerprint density at radius 1 is 1.37 bits per heavy atom. The Labute approximate surface area is 111 Å². The monoisotopic (exact) mass is 264 g/mol. The molecular weight excluding hydrogens is 247 g/mol. The van der Waals surface area contributed by atoms with Gasteiger partial charge in [0.1, 0.15) is 5.82 Å². The lowest BCUT2D eigenvalue weighted by Crippen LogP contribution is -2.43. The number of nitrogens with one attached hydrogen (secondary N) is 2. The Kier molecular flexibility index (Phi) is 4.49. The third kappa shape index (κ3) is 4.05. The van der Waals surface area contributed by atoms with Crippen LogP contribution in [0.4, 0.5) is 4.39 Å². The van der Waals surface area contributed by atoms with Gasteiger partial charge in [0.15, 0.2) is 0 Å². The summed E-state index contributed by atoms with van der Waals surface area (Å²) in [6.45, 7) is 0.941. The van der Waals surface area contributed by atoms with Crippen molar-refractivity contribution in [2.24, 2.45) is 5.92 Å². The summed E-state index contributed by atoms with van der Waals surface area (Å²) in [7, 11) is 0. The minimum atomic E-state index is -0.259. The van der Waals surface area contributed by atoms with E-state index in [9.17, 15) is 14.0 Å². The zero-order valence-corrected chi connectivity index (χ0v) is 10.6. The van der Waals surface area contributed by atoms with E-state index < -0.39 is 0 Å². The van der Waals surface area contributed by atoms with Gasteiger partial charge < -0.3 is 10.6 Å². The number of halogens is 1. The summed E-state index contributed by atoms with van der Waals surface area (Å²) in [5, 5.41) is 5.53. The van der Waals surface area contributed by atoms with Crippen LogP contribution in [0.3, 0.4) is 0 Å². The quantitative estimate of drug-likeness (QED) is 0.852. The highest BCUT2D eigenvalue weighted by molar-refractivity contribution is 5.83. The average molecular weight is 264 g/mol. The number of carbonyl (C=O) groups is 2. The molecule has 0 spiro atoms. The number of hydrogen-bond donors (Lipinski definition) is 2. The van der Waals surface area contributed by atoms with E-state index >= 15 is 0 Å². The molecule has 0 aliphatic carbocycles. The molecule has 2 amide bonds. The SMILES string of the molecule is O=C1CCC(C(=O)NCCc2ccc(F)cc2)CN1. The molecule has 1 aliphatic heterocycles. The topological polar surface area (TPSA) is 58.2 Å². The summed E-state index contributed by atoms with van der Waals surface area (Å²) >= 11 is 0. The molecule has 2 N–H and O–H groups in total. The lowest BCUT2D eigenvalue weighted by Gasteiger charge is -2.21. The van der Waals surface area contributed by atoms with Gasteiger partial charge >= 0.3 is 0 Å². The van der Waals surface area contributed by atoms with Crippen LogP contribution in [0.15, 0.2) is 24.3 Å². The summed E-state index contributed by atoms with van der Waals surface area (Å²) in [6, 6.07) is 6.24. The van der Waals surface area contributed by atoms with Crippen molar-refractivity contribution in [1.82, 2.24) is 10.6 Å². The molecule has 102 valence electrons. The Morgan fingerprint density at radius 2 is 2.11 bits per heavy atom. The van der Waals surface area contributed by atoms with Crippen molar-refractivity contribution in [3.63, 3.8) is 0 Å². The van der Waals surface area contributed by atoms with Crippen LogP contribution in [0.2, 0.25) is 0 Å². The molecule has 1 aromatic rings. The Morgan fingerprint density at radius 3 is 2.74 bits per heavy atom. The lowest BCUT2D eigenvalue weighted by atomic mass is 9.98. The first-order valence-electron chi connectivity index (χ1n) is 6.44. The van der Waals surface area contributed by atoms with Gasteiger partial charge in [-0.2, -0.15) is 0 Å². The first-order chi connectivity index (χ1) is 9.15. The van der Waals surface area contributed by atoms with Crippen LogP contribution < -0.4 is 10.6 Å².